The average Bonchev–Trinajstić information content (AvgIpc) is 3.12. The topological polar surface area (TPSA) is 44.8 Å². The number of fused-ring (bicyclic) bond motifs is 1. The van der Waals surface area contributed by atoms with Crippen LogP contribution >= 0.6 is 11.8 Å². The van der Waals surface area contributed by atoms with Gasteiger partial charge in [0.15, 0.2) is 11.5 Å². The third kappa shape index (κ3) is 7.32. The van der Waals surface area contributed by atoms with E-state index in [-0.39, 0.29) is 18.0 Å². The van der Waals surface area contributed by atoms with Gasteiger partial charge < -0.3 is 14.2 Å². The number of ether oxygens (including phenoxy) is 3. The highest BCUT2D eigenvalue weighted by atomic mass is 32.2. The number of hydrogen-bond donors (Lipinski definition) is 0. The molecular weight excluding hydrogens is 384 g/mol. The van der Waals surface area contributed by atoms with Gasteiger partial charge in [0.05, 0.1) is 6.42 Å². The van der Waals surface area contributed by atoms with Crippen molar-refractivity contribution in [2.45, 2.75) is 68.6 Å². The summed E-state index contributed by atoms with van der Waals surface area (Å²) in [5.74, 6) is 1.41. The lowest BCUT2D eigenvalue weighted by Gasteiger charge is -2.22. The maximum Gasteiger partial charge on any atom is 0.307 e. The minimum absolute atomic E-state index is 0.140. The van der Waals surface area contributed by atoms with E-state index in [1.54, 1.807) is 11.8 Å². The fourth-order valence-electron chi connectivity index (χ4n) is 3.26. The first kappa shape index (κ1) is 21.6. The molecule has 1 unspecified atom stereocenters. The number of esters is 1. The molecule has 0 aliphatic carbocycles. The fourth-order valence-corrected chi connectivity index (χ4v) is 4.47. The van der Waals surface area contributed by atoms with Crippen molar-refractivity contribution >= 4 is 17.7 Å². The van der Waals surface area contributed by atoms with Gasteiger partial charge >= 0.3 is 5.97 Å². The first-order valence-electron chi connectivity index (χ1n) is 10.2. The van der Waals surface area contributed by atoms with Gasteiger partial charge in [0, 0.05) is 10.1 Å². The molecule has 2 aromatic carbocycles. The standard InChI is InChI=1S/C24H30O4S/c1-24(2,3)28-23(25)16-19(12-8-7-11-18-9-5-4-6-10-18)29-20-13-14-21-22(15-20)27-17-26-21/h4-6,9-10,13-15,19H,7-8,11-12,16-17H2,1-3H3. The molecule has 156 valence electrons. The third-order valence-electron chi connectivity index (χ3n) is 4.55. The zero-order chi connectivity index (χ0) is 20.7. The van der Waals surface area contributed by atoms with E-state index in [9.17, 15) is 4.79 Å². The fraction of sp³-hybridized carbons (Fsp3) is 0.458. The summed E-state index contributed by atoms with van der Waals surface area (Å²) in [7, 11) is 0. The summed E-state index contributed by atoms with van der Waals surface area (Å²) in [6, 6.07) is 16.5. The summed E-state index contributed by atoms with van der Waals surface area (Å²) in [5.41, 5.74) is 0.901. The predicted molar refractivity (Wildman–Crippen MR) is 117 cm³/mol. The molecule has 3 rings (SSSR count). The van der Waals surface area contributed by atoms with E-state index >= 15 is 0 Å². The van der Waals surface area contributed by atoms with Gasteiger partial charge in [-0.05, 0) is 63.8 Å². The lowest BCUT2D eigenvalue weighted by Crippen LogP contribution is -2.25. The Balaban J connectivity index is 1.57. The Morgan fingerprint density at radius 3 is 2.59 bits per heavy atom. The van der Waals surface area contributed by atoms with E-state index < -0.39 is 5.60 Å². The van der Waals surface area contributed by atoms with Crippen LogP contribution in [0, 0.1) is 0 Å². The lowest BCUT2D eigenvalue weighted by atomic mass is 10.1. The van der Waals surface area contributed by atoms with Crippen LogP contribution in [0.5, 0.6) is 11.5 Å². The van der Waals surface area contributed by atoms with E-state index in [0.29, 0.717) is 6.42 Å². The molecule has 1 aliphatic heterocycles. The molecule has 0 bridgehead atoms. The summed E-state index contributed by atoms with van der Waals surface area (Å²) < 4.78 is 16.4. The van der Waals surface area contributed by atoms with Crippen molar-refractivity contribution in [2.24, 2.45) is 0 Å². The van der Waals surface area contributed by atoms with Crippen LogP contribution in [-0.2, 0) is 16.0 Å². The first-order chi connectivity index (χ1) is 13.9. The van der Waals surface area contributed by atoms with Crippen LogP contribution in [-0.4, -0.2) is 23.6 Å². The number of carbonyl (C=O) groups excluding carboxylic acids is 1. The number of carbonyl (C=O) groups is 1. The zero-order valence-electron chi connectivity index (χ0n) is 17.5. The second-order valence-electron chi connectivity index (χ2n) is 8.28. The van der Waals surface area contributed by atoms with Crippen LogP contribution < -0.4 is 9.47 Å². The minimum Gasteiger partial charge on any atom is -0.460 e. The minimum atomic E-state index is -0.460. The number of rotatable bonds is 9. The summed E-state index contributed by atoms with van der Waals surface area (Å²) in [4.78, 5) is 13.5. The Morgan fingerprint density at radius 1 is 1.07 bits per heavy atom. The van der Waals surface area contributed by atoms with Crippen molar-refractivity contribution < 1.29 is 19.0 Å². The Bertz CT molecular complexity index is 798. The van der Waals surface area contributed by atoms with E-state index in [4.69, 9.17) is 14.2 Å². The van der Waals surface area contributed by atoms with Crippen LogP contribution in [0.4, 0.5) is 0 Å². The second-order valence-corrected chi connectivity index (χ2v) is 9.65. The molecule has 1 aliphatic rings. The quantitative estimate of drug-likeness (QED) is 0.285. The van der Waals surface area contributed by atoms with Crippen LogP contribution in [0.3, 0.4) is 0 Å². The largest absolute Gasteiger partial charge is 0.460 e. The van der Waals surface area contributed by atoms with E-state index in [1.165, 1.54) is 5.56 Å². The number of benzene rings is 2. The van der Waals surface area contributed by atoms with Crippen LogP contribution in [0.1, 0.15) is 52.0 Å². The molecule has 0 radical (unpaired) electrons. The molecule has 0 N–H and O–H groups in total. The lowest BCUT2D eigenvalue weighted by molar-refractivity contribution is -0.154. The molecule has 29 heavy (non-hydrogen) atoms. The summed E-state index contributed by atoms with van der Waals surface area (Å²) in [5, 5.41) is 0.168. The smallest absolute Gasteiger partial charge is 0.307 e. The van der Waals surface area contributed by atoms with Crippen molar-refractivity contribution in [3.8, 4) is 11.5 Å². The summed E-state index contributed by atoms with van der Waals surface area (Å²) >= 11 is 1.72. The number of hydrogen-bond acceptors (Lipinski definition) is 5. The number of thioether (sulfide) groups is 1. The Kier molecular flexibility index (Phi) is 7.48. The van der Waals surface area contributed by atoms with Gasteiger partial charge in [-0.15, -0.1) is 11.8 Å². The molecule has 1 heterocycles. The zero-order valence-corrected chi connectivity index (χ0v) is 18.3. The van der Waals surface area contributed by atoms with Crippen molar-refractivity contribution in [3.63, 3.8) is 0 Å². The summed E-state index contributed by atoms with van der Waals surface area (Å²) in [6.45, 7) is 5.99. The van der Waals surface area contributed by atoms with Crippen molar-refractivity contribution in [1.29, 1.82) is 0 Å². The molecule has 1 atom stereocenters. The molecule has 2 aromatic rings. The maximum atomic E-state index is 12.4. The third-order valence-corrected chi connectivity index (χ3v) is 5.81. The van der Waals surface area contributed by atoms with E-state index in [1.807, 2.05) is 45.0 Å². The van der Waals surface area contributed by atoms with Gasteiger partial charge in [0.2, 0.25) is 6.79 Å². The van der Waals surface area contributed by atoms with Crippen molar-refractivity contribution in [1.82, 2.24) is 0 Å². The monoisotopic (exact) mass is 414 g/mol. The highest BCUT2D eigenvalue weighted by Crippen LogP contribution is 2.38. The molecule has 0 saturated carbocycles. The molecule has 0 saturated heterocycles. The normalized spacial score (nSPS) is 13.9. The highest BCUT2D eigenvalue weighted by Gasteiger charge is 2.22. The summed E-state index contributed by atoms with van der Waals surface area (Å²) in [6.07, 6.45) is 4.61. The van der Waals surface area contributed by atoms with E-state index in [0.717, 1.165) is 42.1 Å². The Hall–Kier alpha value is -2.14. The number of unbranched alkanes of at least 4 members (excludes halogenated alkanes) is 1. The van der Waals surface area contributed by atoms with Crippen LogP contribution in [0.15, 0.2) is 53.4 Å². The van der Waals surface area contributed by atoms with Gasteiger partial charge in [0.25, 0.3) is 0 Å². The number of aryl methyl sites for hydroxylation is 1. The molecule has 4 nitrogen and oxygen atoms in total. The van der Waals surface area contributed by atoms with Crippen LogP contribution in [0.25, 0.3) is 0 Å². The molecule has 0 amide bonds. The van der Waals surface area contributed by atoms with Gasteiger partial charge in [0.1, 0.15) is 5.60 Å². The predicted octanol–water partition coefficient (Wildman–Crippen LogP) is 6.02. The molecule has 0 spiro atoms. The molecular formula is C24H30O4S. The van der Waals surface area contributed by atoms with Gasteiger partial charge in [-0.3, -0.25) is 4.79 Å². The van der Waals surface area contributed by atoms with Crippen molar-refractivity contribution in [3.05, 3.63) is 54.1 Å². The Morgan fingerprint density at radius 2 is 1.83 bits per heavy atom. The van der Waals surface area contributed by atoms with Crippen LogP contribution in [0.2, 0.25) is 0 Å². The van der Waals surface area contributed by atoms with Gasteiger partial charge in [-0.1, -0.05) is 36.8 Å². The van der Waals surface area contributed by atoms with E-state index in [2.05, 4.69) is 24.3 Å². The average molecular weight is 415 g/mol. The molecule has 0 fully saturated rings. The maximum absolute atomic E-state index is 12.4. The molecule has 5 heteroatoms. The Labute approximate surface area is 177 Å². The first-order valence-corrected chi connectivity index (χ1v) is 11.1. The SMILES string of the molecule is CC(C)(C)OC(=O)CC(CCCCc1ccccc1)Sc1ccc2c(c1)OCO2. The second kappa shape index (κ2) is 10.1. The van der Waals surface area contributed by atoms with Gasteiger partial charge in [-0.2, -0.15) is 0 Å². The van der Waals surface area contributed by atoms with Gasteiger partial charge in [-0.25, -0.2) is 0 Å². The molecule has 0 aromatic heterocycles. The van der Waals surface area contributed by atoms with Crippen molar-refractivity contribution in [2.75, 3.05) is 6.79 Å². The highest BCUT2D eigenvalue weighted by molar-refractivity contribution is 8.00.